The average molecular weight is 593 g/mol. The highest BCUT2D eigenvalue weighted by atomic mass is 35.5. The molecule has 0 aromatic heterocycles. The van der Waals surface area contributed by atoms with Crippen LogP contribution in [0.1, 0.15) is 50.0 Å². The highest BCUT2D eigenvalue weighted by Crippen LogP contribution is 2.66. The lowest BCUT2D eigenvalue weighted by molar-refractivity contribution is -0.141. The Bertz CT molecular complexity index is 1350. The van der Waals surface area contributed by atoms with Gasteiger partial charge < -0.3 is 14.9 Å². The summed E-state index contributed by atoms with van der Waals surface area (Å²) in [6.45, 7) is 0.165. The van der Waals surface area contributed by atoms with Crippen LogP contribution in [0.4, 0.5) is 0 Å². The fourth-order valence-electron chi connectivity index (χ4n) is 6.99. The molecule has 6 unspecified atom stereocenters. The molecule has 1 aromatic rings. The van der Waals surface area contributed by atoms with Gasteiger partial charge in [0.25, 0.3) is 11.8 Å². The van der Waals surface area contributed by atoms with Crippen LogP contribution >= 0.6 is 23.2 Å². The number of carboxylic acid groups (broad SMARTS) is 1. The van der Waals surface area contributed by atoms with Crippen molar-refractivity contribution in [3.63, 3.8) is 0 Å². The fraction of sp³-hybridized carbons (Fsp3) is 0.536. The van der Waals surface area contributed by atoms with Crippen LogP contribution in [0, 0.1) is 17.8 Å². The van der Waals surface area contributed by atoms with Gasteiger partial charge in [-0.25, -0.2) is 0 Å². The zero-order valence-corrected chi connectivity index (χ0v) is 23.6. The highest BCUT2D eigenvalue weighted by molar-refractivity contribution is 6.53. The van der Waals surface area contributed by atoms with Crippen LogP contribution in [-0.4, -0.2) is 80.1 Å². The van der Waals surface area contributed by atoms with Crippen LogP contribution in [0.2, 0.25) is 0 Å². The summed E-state index contributed by atoms with van der Waals surface area (Å²) >= 11 is 14.2. The molecule has 40 heavy (non-hydrogen) atoms. The van der Waals surface area contributed by atoms with Crippen molar-refractivity contribution in [1.82, 2.24) is 9.80 Å². The van der Waals surface area contributed by atoms with E-state index in [0.717, 1.165) is 4.90 Å². The molecule has 1 saturated carbocycles. The number of ether oxygens (including phenoxy) is 1. The van der Waals surface area contributed by atoms with E-state index in [1.165, 1.54) is 31.2 Å². The Morgan fingerprint density at radius 2 is 1.80 bits per heavy atom. The number of unbranched alkanes of at least 4 members (excludes halogenated alkanes) is 2. The number of aromatic hydroxyl groups is 1. The van der Waals surface area contributed by atoms with Gasteiger partial charge in [0.2, 0.25) is 11.8 Å². The van der Waals surface area contributed by atoms with Crippen molar-refractivity contribution in [3.05, 3.63) is 35.4 Å². The lowest BCUT2D eigenvalue weighted by Crippen LogP contribution is -2.60. The topological polar surface area (TPSA) is 142 Å². The predicted octanol–water partition coefficient (Wildman–Crippen LogP) is 3.03. The van der Waals surface area contributed by atoms with E-state index < -0.39 is 51.2 Å². The molecule has 5 rings (SSSR count). The van der Waals surface area contributed by atoms with Crippen molar-refractivity contribution >= 4 is 52.8 Å². The minimum atomic E-state index is -1.99. The number of nitrogens with zero attached hydrogens (tertiary/aromatic N) is 2. The lowest BCUT2D eigenvalue weighted by Gasteiger charge is -2.50. The first kappa shape index (κ1) is 28.4. The zero-order valence-electron chi connectivity index (χ0n) is 22.1. The molecule has 6 atom stereocenters. The van der Waals surface area contributed by atoms with E-state index in [1.807, 2.05) is 0 Å². The normalized spacial score (nSPS) is 33.0. The number of hydrogen-bond donors (Lipinski definition) is 2. The smallest absolute Gasteiger partial charge is 0.303 e. The first-order valence-corrected chi connectivity index (χ1v) is 14.0. The van der Waals surface area contributed by atoms with Crippen molar-refractivity contribution < 1.29 is 38.9 Å². The Morgan fingerprint density at radius 3 is 2.48 bits per heavy atom. The molecular weight excluding hydrogens is 563 g/mol. The molecular formula is C28H30Cl2N2O8. The number of rotatable bonds is 8. The van der Waals surface area contributed by atoms with Crippen molar-refractivity contribution in [3.8, 4) is 11.5 Å². The number of phenolic OH excluding ortho intramolecular Hbond substituents is 1. The zero-order chi connectivity index (χ0) is 29.1. The average Bonchev–Trinajstić information content (AvgIpc) is 3.23. The Labute approximate surface area is 240 Å². The molecule has 2 heterocycles. The molecule has 4 aliphatic rings. The molecule has 2 N–H and O–H groups in total. The van der Waals surface area contributed by atoms with Crippen LogP contribution in [0.3, 0.4) is 0 Å². The van der Waals surface area contributed by atoms with E-state index in [4.69, 9.17) is 33.0 Å². The third-order valence-electron chi connectivity index (χ3n) is 8.92. The maximum atomic E-state index is 13.8. The van der Waals surface area contributed by atoms with E-state index in [0.29, 0.717) is 30.6 Å². The van der Waals surface area contributed by atoms with E-state index in [1.54, 1.807) is 12.1 Å². The maximum absolute atomic E-state index is 13.8. The van der Waals surface area contributed by atoms with Gasteiger partial charge >= 0.3 is 5.97 Å². The standard InChI is InChI=1S/C28H30Cl2N2O8/c1-31-25(38)27(29)13-18-15(22(28(27,30)26(31)39)17-12-14(40-2)7-10-19(17)33)8-9-16-21(18)24(37)32(23(16)36)11-5-3-4-6-20(34)35/h7-8,10,12,16,18,21-22,33H,3-6,9,11,13H2,1-2H3,(H,34,35). The second-order valence-electron chi connectivity index (χ2n) is 11.0. The molecule has 1 aromatic carbocycles. The quantitative estimate of drug-likeness (QED) is 0.203. The number of hydrogen-bond acceptors (Lipinski definition) is 7. The largest absolute Gasteiger partial charge is 0.508 e. The molecule has 2 aliphatic heterocycles. The highest BCUT2D eigenvalue weighted by Gasteiger charge is 2.76. The van der Waals surface area contributed by atoms with Crippen molar-refractivity contribution in [2.45, 2.75) is 54.2 Å². The molecule has 12 heteroatoms. The fourth-order valence-corrected chi connectivity index (χ4v) is 8.00. The van der Waals surface area contributed by atoms with Gasteiger partial charge in [0.1, 0.15) is 11.5 Å². The second-order valence-corrected chi connectivity index (χ2v) is 12.2. The van der Waals surface area contributed by atoms with Crippen LogP contribution in [0.15, 0.2) is 29.8 Å². The number of aliphatic carboxylic acids is 1. The number of fused-ring (bicyclic) bond motifs is 4. The van der Waals surface area contributed by atoms with Gasteiger partial charge in [-0.3, -0.25) is 33.8 Å². The number of likely N-dealkylation sites (tertiary alicyclic amines) is 2. The number of allylic oxidation sites excluding steroid dienone is 2. The van der Waals surface area contributed by atoms with Crippen LogP contribution in [0.5, 0.6) is 11.5 Å². The third-order valence-corrected chi connectivity index (χ3v) is 10.3. The molecule has 10 nitrogen and oxygen atoms in total. The minimum Gasteiger partial charge on any atom is -0.508 e. The summed E-state index contributed by atoms with van der Waals surface area (Å²) < 4.78 is 5.35. The predicted molar refractivity (Wildman–Crippen MR) is 143 cm³/mol. The van der Waals surface area contributed by atoms with Gasteiger partial charge in [0, 0.05) is 31.5 Å². The number of carbonyl (C=O) groups is 5. The summed E-state index contributed by atoms with van der Waals surface area (Å²) in [5.41, 5.74) is 0.814. The van der Waals surface area contributed by atoms with Gasteiger partial charge in [-0.1, -0.05) is 18.1 Å². The number of carboxylic acids is 1. The Balaban J connectivity index is 1.55. The molecule has 0 bridgehead atoms. The Hall–Kier alpha value is -3.11. The number of amides is 4. The van der Waals surface area contributed by atoms with Gasteiger partial charge in [-0.05, 0) is 49.8 Å². The minimum absolute atomic E-state index is 0.0141. The van der Waals surface area contributed by atoms with Crippen molar-refractivity contribution in [2.24, 2.45) is 17.8 Å². The van der Waals surface area contributed by atoms with Gasteiger partial charge in [-0.15, -0.1) is 23.2 Å². The number of halogens is 2. The summed E-state index contributed by atoms with van der Waals surface area (Å²) in [5.74, 6) is -6.04. The summed E-state index contributed by atoms with van der Waals surface area (Å²) in [6.07, 6.45) is 3.36. The third kappa shape index (κ3) is 3.94. The summed E-state index contributed by atoms with van der Waals surface area (Å²) in [4.78, 5) is 63.2. The number of methoxy groups -OCH3 is 1. The first-order chi connectivity index (χ1) is 18.9. The van der Waals surface area contributed by atoms with E-state index in [2.05, 4.69) is 0 Å². The first-order valence-electron chi connectivity index (χ1n) is 13.2. The number of phenols is 1. The molecule has 214 valence electrons. The van der Waals surface area contributed by atoms with Crippen molar-refractivity contribution in [2.75, 3.05) is 20.7 Å². The molecule has 4 amide bonds. The SMILES string of the molecule is COc1ccc(O)c(C2C3=CCC4C(=O)N(CCCCCC(=O)O)C(=O)C4C3CC3(Cl)C(=O)N(C)C(=O)C23Cl)c1. The van der Waals surface area contributed by atoms with Crippen molar-refractivity contribution in [1.29, 1.82) is 0 Å². The lowest BCUT2D eigenvalue weighted by atomic mass is 9.56. The van der Waals surface area contributed by atoms with Gasteiger partial charge in [0.15, 0.2) is 9.75 Å². The van der Waals surface area contributed by atoms with Crippen LogP contribution in [0.25, 0.3) is 0 Å². The number of imide groups is 2. The summed E-state index contributed by atoms with van der Waals surface area (Å²) in [5, 5.41) is 19.8. The van der Waals surface area contributed by atoms with Gasteiger partial charge in [-0.2, -0.15) is 0 Å². The van der Waals surface area contributed by atoms with E-state index in [-0.39, 0.29) is 48.9 Å². The Morgan fingerprint density at radius 1 is 1.07 bits per heavy atom. The maximum Gasteiger partial charge on any atom is 0.303 e. The molecule has 3 fully saturated rings. The number of carbonyl (C=O) groups excluding carboxylic acids is 4. The monoisotopic (exact) mass is 592 g/mol. The summed E-state index contributed by atoms with van der Waals surface area (Å²) in [6, 6.07) is 4.49. The Kier molecular flexibility index (Phi) is 7.15. The van der Waals surface area contributed by atoms with Gasteiger partial charge in [0.05, 0.1) is 18.9 Å². The second kappa shape index (κ2) is 10.1. The summed E-state index contributed by atoms with van der Waals surface area (Å²) in [7, 11) is 2.75. The number of benzene rings is 1. The van der Waals surface area contributed by atoms with Crippen LogP contribution < -0.4 is 4.74 Å². The van der Waals surface area contributed by atoms with E-state index >= 15 is 0 Å². The molecule has 0 radical (unpaired) electrons. The number of alkyl halides is 2. The molecule has 0 spiro atoms. The molecule has 2 saturated heterocycles. The van der Waals surface area contributed by atoms with E-state index in [9.17, 15) is 29.1 Å². The molecule has 2 aliphatic carbocycles. The van der Waals surface area contributed by atoms with Crippen LogP contribution in [-0.2, 0) is 24.0 Å².